The number of hydrogen-bond donors (Lipinski definition) is 4. The second kappa shape index (κ2) is 5.68. The number of aromatic hydroxyl groups is 2. The SMILES string of the molecule is CC(C)(C)NC(=S)N/N=C\c1ccc(O)c(O)c1. The van der Waals surface area contributed by atoms with E-state index in [4.69, 9.17) is 17.3 Å². The van der Waals surface area contributed by atoms with Crippen LogP contribution in [0.5, 0.6) is 11.5 Å². The molecule has 0 saturated heterocycles. The van der Waals surface area contributed by atoms with Crippen molar-refractivity contribution in [3.63, 3.8) is 0 Å². The van der Waals surface area contributed by atoms with Gasteiger partial charge in [0.1, 0.15) is 0 Å². The number of nitrogens with zero attached hydrogens (tertiary/aromatic N) is 1. The van der Waals surface area contributed by atoms with Crippen LogP contribution in [-0.4, -0.2) is 27.1 Å². The van der Waals surface area contributed by atoms with Gasteiger partial charge in [-0.25, -0.2) is 0 Å². The quantitative estimate of drug-likeness (QED) is 0.284. The maximum Gasteiger partial charge on any atom is 0.187 e. The molecule has 0 radical (unpaired) electrons. The van der Waals surface area contributed by atoms with Gasteiger partial charge < -0.3 is 15.5 Å². The Kier molecular flexibility index (Phi) is 4.49. The standard InChI is InChI=1S/C12H17N3O2S/c1-12(2,3)14-11(18)15-13-7-8-4-5-9(16)10(17)6-8/h4-7,16-17H,1-3H3,(H2,14,15,18)/b13-7-. The zero-order chi connectivity index (χ0) is 13.8. The Balaban J connectivity index is 2.55. The summed E-state index contributed by atoms with van der Waals surface area (Å²) in [6.45, 7) is 5.97. The van der Waals surface area contributed by atoms with E-state index in [1.807, 2.05) is 20.8 Å². The van der Waals surface area contributed by atoms with Crippen molar-refractivity contribution in [2.75, 3.05) is 0 Å². The summed E-state index contributed by atoms with van der Waals surface area (Å²) >= 11 is 5.04. The highest BCUT2D eigenvalue weighted by Gasteiger charge is 2.09. The normalized spacial score (nSPS) is 11.5. The molecule has 0 aliphatic rings. The molecule has 5 nitrogen and oxygen atoms in total. The summed E-state index contributed by atoms with van der Waals surface area (Å²) in [5, 5.41) is 25.8. The molecular formula is C12H17N3O2S. The highest BCUT2D eigenvalue weighted by Crippen LogP contribution is 2.23. The molecule has 0 aromatic heterocycles. The highest BCUT2D eigenvalue weighted by atomic mass is 32.1. The molecule has 0 saturated carbocycles. The Morgan fingerprint density at radius 1 is 1.28 bits per heavy atom. The molecule has 18 heavy (non-hydrogen) atoms. The van der Waals surface area contributed by atoms with E-state index in [1.54, 1.807) is 6.07 Å². The van der Waals surface area contributed by atoms with Crippen molar-refractivity contribution in [2.24, 2.45) is 5.10 Å². The molecular weight excluding hydrogens is 250 g/mol. The van der Waals surface area contributed by atoms with Gasteiger partial charge in [-0.2, -0.15) is 5.10 Å². The lowest BCUT2D eigenvalue weighted by Gasteiger charge is -2.21. The topological polar surface area (TPSA) is 76.9 Å². The Morgan fingerprint density at radius 3 is 2.50 bits per heavy atom. The van der Waals surface area contributed by atoms with Gasteiger partial charge in [0.25, 0.3) is 0 Å². The molecule has 0 spiro atoms. The molecule has 0 fully saturated rings. The van der Waals surface area contributed by atoms with Crippen molar-refractivity contribution in [3.05, 3.63) is 23.8 Å². The summed E-state index contributed by atoms with van der Waals surface area (Å²) in [6.07, 6.45) is 1.50. The van der Waals surface area contributed by atoms with E-state index >= 15 is 0 Å². The molecule has 0 aliphatic heterocycles. The summed E-state index contributed by atoms with van der Waals surface area (Å²) in [4.78, 5) is 0. The van der Waals surface area contributed by atoms with Crippen molar-refractivity contribution in [3.8, 4) is 11.5 Å². The maximum atomic E-state index is 9.29. The van der Waals surface area contributed by atoms with E-state index in [9.17, 15) is 5.11 Å². The van der Waals surface area contributed by atoms with Crippen LogP contribution in [0.3, 0.4) is 0 Å². The van der Waals surface area contributed by atoms with Gasteiger partial charge in [-0.3, -0.25) is 5.43 Å². The molecule has 0 unspecified atom stereocenters. The van der Waals surface area contributed by atoms with Gasteiger partial charge in [0.05, 0.1) is 6.21 Å². The van der Waals surface area contributed by atoms with Gasteiger partial charge in [-0.05, 0) is 56.8 Å². The largest absolute Gasteiger partial charge is 0.504 e. The van der Waals surface area contributed by atoms with Crippen LogP contribution >= 0.6 is 12.2 Å². The lowest BCUT2D eigenvalue weighted by atomic mass is 10.1. The number of benzene rings is 1. The van der Waals surface area contributed by atoms with Crippen LogP contribution in [0.4, 0.5) is 0 Å². The first-order valence-corrected chi connectivity index (χ1v) is 5.82. The summed E-state index contributed by atoms with van der Waals surface area (Å²) in [7, 11) is 0. The fraction of sp³-hybridized carbons (Fsp3) is 0.333. The van der Waals surface area contributed by atoms with Gasteiger partial charge in [0, 0.05) is 5.54 Å². The molecule has 1 rings (SSSR count). The third kappa shape index (κ3) is 5.01. The number of thiocarbonyl (C=S) groups is 1. The van der Waals surface area contributed by atoms with Gasteiger partial charge >= 0.3 is 0 Å². The fourth-order valence-electron chi connectivity index (χ4n) is 1.15. The first-order chi connectivity index (χ1) is 8.28. The van der Waals surface area contributed by atoms with Crippen molar-refractivity contribution in [2.45, 2.75) is 26.3 Å². The number of hydrogen-bond acceptors (Lipinski definition) is 4. The number of phenols is 2. The Hall–Kier alpha value is -1.82. The third-order valence-electron chi connectivity index (χ3n) is 1.87. The Labute approximate surface area is 112 Å². The van der Waals surface area contributed by atoms with Crippen LogP contribution in [0.1, 0.15) is 26.3 Å². The lowest BCUT2D eigenvalue weighted by molar-refractivity contribution is 0.403. The first-order valence-electron chi connectivity index (χ1n) is 5.41. The van der Waals surface area contributed by atoms with Crippen LogP contribution < -0.4 is 10.7 Å². The molecule has 1 aromatic rings. The van der Waals surface area contributed by atoms with Crippen molar-refractivity contribution in [1.82, 2.24) is 10.7 Å². The minimum Gasteiger partial charge on any atom is -0.504 e. The van der Waals surface area contributed by atoms with Crippen molar-refractivity contribution >= 4 is 23.5 Å². The van der Waals surface area contributed by atoms with Gasteiger partial charge in [-0.15, -0.1) is 0 Å². The number of phenolic OH excluding ortho intramolecular Hbond substituents is 2. The monoisotopic (exact) mass is 267 g/mol. The molecule has 0 amide bonds. The Morgan fingerprint density at radius 2 is 1.94 bits per heavy atom. The van der Waals surface area contributed by atoms with E-state index in [1.165, 1.54) is 18.3 Å². The summed E-state index contributed by atoms with van der Waals surface area (Å²) in [5.41, 5.74) is 3.19. The summed E-state index contributed by atoms with van der Waals surface area (Å²) in [5.74, 6) is -0.348. The van der Waals surface area contributed by atoms with E-state index in [-0.39, 0.29) is 17.0 Å². The van der Waals surface area contributed by atoms with Gasteiger partial charge in [0.15, 0.2) is 16.6 Å². The average molecular weight is 267 g/mol. The Bertz CT molecular complexity index is 467. The number of rotatable bonds is 2. The lowest BCUT2D eigenvalue weighted by Crippen LogP contribution is -2.44. The highest BCUT2D eigenvalue weighted by molar-refractivity contribution is 7.80. The predicted molar refractivity (Wildman–Crippen MR) is 76.0 cm³/mol. The van der Waals surface area contributed by atoms with E-state index in [2.05, 4.69) is 15.8 Å². The van der Waals surface area contributed by atoms with Crippen LogP contribution in [0, 0.1) is 0 Å². The zero-order valence-corrected chi connectivity index (χ0v) is 11.4. The predicted octanol–water partition coefficient (Wildman–Crippen LogP) is 1.69. The van der Waals surface area contributed by atoms with Gasteiger partial charge in [0.2, 0.25) is 0 Å². The fourth-order valence-corrected chi connectivity index (χ4v) is 1.51. The maximum absolute atomic E-state index is 9.29. The van der Waals surface area contributed by atoms with Crippen molar-refractivity contribution < 1.29 is 10.2 Å². The van der Waals surface area contributed by atoms with Crippen LogP contribution in [-0.2, 0) is 0 Å². The molecule has 4 N–H and O–H groups in total. The molecule has 0 aliphatic carbocycles. The van der Waals surface area contributed by atoms with Gasteiger partial charge in [-0.1, -0.05) is 0 Å². The third-order valence-corrected chi connectivity index (χ3v) is 2.06. The minimum absolute atomic E-state index is 0.129. The van der Waals surface area contributed by atoms with E-state index < -0.39 is 0 Å². The second-order valence-corrected chi connectivity index (χ2v) is 5.23. The van der Waals surface area contributed by atoms with E-state index in [0.29, 0.717) is 10.7 Å². The molecule has 98 valence electrons. The molecule has 0 heterocycles. The first kappa shape index (κ1) is 14.2. The second-order valence-electron chi connectivity index (χ2n) is 4.82. The minimum atomic E-state index is -0.186. The number of hydrazone groups is 1. The summed E-state index contributed by atoms with van der Waals surface area (Å²) < 4.78 is 0. The van der Waals surface area contributed by atoms with Crippen molar-refractivity contribution in [1.29, 1.82) is 0 Å². The zero-order valence-electron chi connectivity index (χ0n) is 10.6. The number of nitrogens with one attached hydrogen (secondary N) is 2. The molecule has 6 heteroatoms. The molecule has 1 aromatic carbocycles. The van der Waals surface area contributed by atoms with Crippen LogP contribution in [0.2, 0.25) is 0 Å². The molecule has 0 bridgehead atoms. The van der Waals surface area contributed by atoms with E-state index in [0.717, 1.165) is 0 Å². The average Bonchev–Trinajstić information content (AvgIpc) is 2.20. The smallest absolute Gasteiger partial charge is 0.187 e. The summed E-state index contributed by atoms with van der Waals surface area (Å²) in [6, 6.07) is 4.42. The van der Waals surface area contributed by atoms with Crippen LogP contribution in [0.15, 0.2) is 23.3 Å². The van der Waals surface area contributed by atoms with Crippen LogP contribution in [0.25, 0.3) is 0 Å². The molecule has 0 atom stereocenters.